The molecule has 0 aromatic rings. The zero-order valence-electron chi connectivity index (χ0n) is 7.08. The van der Waals surface area contributed by atoms with Crippen molar-refractivity contribution in [1.82, 2.24) is 4.90 Å². The second-order valence-corrected chi connectivity index (χ2v) is 3.00. The average Bonchev–Trinajstić information content (AvgIpc) is 2.79. The Bertz CT molecular complexity index is 270. The maximum Gasteiger partial charge on any atom is 0.408 e. The Morgan fingerprint density at radius 3 is 1.71 bits per heavy atom. The zero-order valence-corrected chi connectivity index (χ0v) is 7.08. The summed E-state index contributed by atoms with van der Waals surface area (Å²) in [7, 11) is 0. The Hall–Kier alpha value is -1.79. The minimum Gasteiger partial charge on any atom is -0.479 e. The van der Waals surface area contributed by atoms with Crippen molar-refractivity contribution < 1.29 is 29.7 Å². The Kier molecular flexibility index (Phi) is 2.59. The van der Waals surface area contributed by atoms with Crippen molar-refractivity contribution in [2.75, 3.05) is 0 Å². The molecule has 1 aliphatic rings. The molecule has 1 amide bonds. The first-order valence-corrected chi connectivity index (χ1v) is 3.92. The monoisotopic (exact) mass is 203 g/mol. The summed E-state index contributed by atoms with van der Waals surface area (Å²) < 4.78 is 0. The number of nitrogens with zero attached hydrogens (tertiary/aromatic N) is 1. The highest BCUT2D eigenvalue weighted by atomic mass is 16.4. The number of carboxylic acid groups (broad SMARTS) is 3. The number of carboxylic acids is 2. The third-order valence-electron chi connectivity index (χ3n) is 1.91. The molecule has 0 heterocycles. The van der Waals surface area contributed by atoms with E-state index in [9.17, 15) is 14.4 Å². The average molecular weight is 203 g/mol. The van der Waals surface area contributed by atoms with Crippen molar-refractivity contribution in [3.05, 3.63) is 0 Å². The summed E-state index contributed by atoms with van der Waals surface area (Å²) in [5.41, 5.74) is 0. The maximum atomic E-state index is 10.6. The van der Waals surface area contributed by atoms with Crippen LogP contribution in [0, 0.1) is 0 Å². The Labute approximate surface area is 78.6 Å². The predicted molar refractivity (Wildman–Crippen MR) is 41.9 cm³/mol. The van der Waals surface area contributed by atoms with Gasteiger partial charge in [-0.3, -0.25) is 4.90 Å². The van der Waals surface area contributed by atoms with Gasteiger partial charge in [0.1, 0.15) is 0 Å². The summed E-state index contributed by atoms with van der Waals surface area (Å²) in [5.74, 6) is -3.32. The van der Waals surface area contributed by atoms with Crippen LogP contribution in [0.15, 0.2) is 0 Å². The van der Waals surface area contributed by atoms with E-state index in [2.05, 4.69) is 0 Å². The quantitative estimate of drug-likeness (QED) is 0.538. The molecular weight excluding hydrogens is 194 g/mol. The van der Waals surface area contributed by atoms with Crippen LogP contribution < -0.4 is 0 Å². The molecule has 1 rings (SSSR count). The van der Waals surface area contributed by atoms with Crippen LogP contribution in [0.5, 0.6) is 0 Å². The summed E-state index contributed by atoms with van der Waals surface area (Å²) in [4.78, 5) is 32.2. The van der Waals surface area contributed by atoms with Gasteiger partial charge in [-0.05, 0) is 12.8 Å². The molecule has 0 aliphatic heterocycles. The molecule has 0 atom stereocenters. The van der Waals surface area contributed by atoms with E-state index in [1.807, 2.05) is 0 Å². The lowest BCUT2D eigenvalue weighted by Crippen LogP contribution is -2.50. The summed E-state index contributed by atoms with van der Waals surface area (Å²) in [5, 5.41) is 25.8. The van der Waals surface area contributed by atoms with Crippen LogP contribution >= 0.6 is 0 Å². The van der Waals surface area contributed by atoms with Crippen LogP contribution in [-0.4, -0.2) is 50.3 Å². The fourth-order valence-corrected chi connectivity index (χ4v) is 1.17. The zero-order chi connectivity index (χ0) is 10.9. The molecule has 0 bridgehead atoms. The van der Waals surface area contributed by atoms with E-state index >= 15 is 0 Å². The Morgan fingerprint density at radius 1 is 1.07 bits per heavy atom. The number of amides is 1. The highest BCUT2D eigenvalue weighted by molar-refractivity contribution is 6.00. The van der Waals surface area contributed by atoms with Crippen molar-refractivity contribution in [3.63, 3.8) is 0 Å². The Balaban J connectivity index is 2.87. The molecule has 78 valence electrons. The highest BCUT2D eigenvalue weighted by Gasteiger charge is 2.44. The highest BCUT2D eigenvalue weighted by Crippen LogP contribution is 2.28. The molecule has 0 spiro atoms. The minimum absolute atomic E-state index is 0.468. The molecule has 0 aromatic carbocycles. The van der Waals surface area contributed by atoms with E-state index in [4.69, 9.17) is 15.3 Å². The van der Waals surface area contributed by atoms with E-state index in [0.29, 0.717) is 17.7 Å². The molecule has 3 N–H and O–H groups in total. The van der Waals surface area contributed by atoms with Gasteiger partial charge in [0.15, 0.2) is 0 Å². The third kappa shape index (κ3) is 1.93. The molecule has 1 fully saturated rings. The van der Waals surface area contributed by atoms with Crippen molar-refractivity contribution in [1.29, 1.82) is 0 Å². The summed E-state index contributed by atoms with van der Waals surface area (Å²) in [6.07, 6.45) is -0.477. The molecule has 7 nitrogen and oxygen atoms in total. The number of hydrogen-bond acceptors (Lipinski definition) is 3. The van der Waals surface area contributed by atoms with E-state index < -0.39 is 30.1 Å². The third-order valence-corrected chi connectivity index (χ3v) is 1.91. The van der Waals surface area contributed by atoms with Crippen LogP contribution in [0.1, 0.15) is 12.8 Å². The molecule has 14 heavy (non-hydrogen) atoms. The van der Waals surface area contributed by atoms with Crippen molar-refractivity contribution in [3.8, 4) is 0 Å². The van der Waals surface area contributed by atoms with E-state index in [1.165, 1.54) is 0 Å². The van der Waals surface area contributed by atoms with Gasteiger partial charge < -0.3 is 15.3 Å². The first kappa shape index (κ1) is 10.3. The van der Waals surface area contributed by atoms with E-state index in [-0.39, 0.29) is 0 Å². The maximum absolute atomic E-state index is 10.6. The summed E-state index contributed by atoms with van der Waals surface area (Å²) >= 11 is 0. The van der Waals surface area contributed by atoms with Gasteiger partial charge in [-0.15, -0.1) is 0 Å². The largest absolute Gasteiger partial charge is 0.479 e. The van der Waals surface area contributed by atoms with Crippen molar-refractivity contribution in [2.45, 2.75) is 24.9 Å². The molecule has 1 aliphatic carbocycles. The first-order valence-electron chi connectivity index (χ1n) is 3.92. The first-order chi connectivity index (χ1) is 6.45. The van der Waals surface area contributed by atoms with Crippen LogP contribution in [0.3, 0.4) is 0 Å². The van der Waals surface area contributed by atoms with Crippen molar-refractivity contribution in [2.24, 2.45) is 0 Å². The summed E-state index contributed by atoms with van der Waals surface area (Å²) in [6, 6.07) is -2.47. The van der Waals surface area contributed by atoms with Gasteiger partial charge in [0.2, 0.25) is 6.04 Å². The predicted octanol–water partition coefficient (Wildman–Crippen LogP) is -0.333. The topological polar surface area (TPSA) is 115 Å². The van der Waals surface area contributed by atoms with Gasteiger partial charge in [0.25, 0.3) is 0 Å². The van der Waals surface area contributed by atoms with Gasteiger partial charge in [0.05, 0.1) is 0 Å². The minimum atomic E-state index is -2.00. The second kappa shape index (κ2) is 3.52. The van der Waals surface area contributed by atoms with Crippen LogP contribution in [0.25, 0.3) is 0 Å². The molecule has 0 saturated heterocycles. The van der Waals surface area contributed by atoms with E-state index in [1.54, 1.807) is 0 Å². The molecular formula is C7H9NO6. The standard InChI is InChI=1S/C7H9NO6/c9-5(10)4(6(11)12)8(7(13)14)3-1-2-3/h3-4H,1-2H2,(H,9,10)(H,11,12)(H,13,14). The lowest BCUT2D eigenvalue weighted by molar-refractivity contribution is -0.155. The smallest absolute Gasteiger partial charge is 0.408 e. The lowest BCUT2D eigenvalue weighted by atomic mass is 10.2. The van der Waals surface area contributed by atoms with Gasteiger partial charge in [0, 0.05) is 6.04 Å². The number of hydrogen-bond donors (Lipinski definition) is 3. The van der Waals surface area contributed by atoms with Gasteiger partial charge in [-0.1, -0.05) is 0 Å². The molecule has 0 radical (unpaired) electrons. The normalized spacial score (nSPS) is 15.2. The van der Waals surface area contributed by atoms with Crippen LogP contribution in [0.4, 0.5) is 4.79 Å². The summed E-state index contributed by atoms with van der Waals surface area (Å²) in [6.45, 7) is 0. The molecule has 0 unspecified atom stereocenters. The van der Waals surface area contributed by atoms with Crippen molar-refractivity contribution >= 4 is 18.0 Å². The molecule has 7 heteroatoms. The van der Waals surface area contributed by atoms with Gasteiger partial charge in [-0.2, -0.15) is 0 Å². The fourth-order valence-electron chi connectivity index (χ4n) is 1.17. The fraction of sp³-hybridized carbons (Fsp3) is 0.571. The van der Waals surface area contributed by atoms with Crippen LogP contribution in [-0.2, 0) is 9.59 Å². The lowest BCUT2D eigenvalue weighted by Gasteiger charge is -2.22. The SMILES string of the molecule is O=C(O)C(C(=O)O)N(C(=O)O)C1CC1. The van der Waals surface area contributed by atoms with E-state index in [0.717, 1.165) is 0 Å². The van der Waals surface area contributed by atoms with Crippen LogP contribution in [0.2, 0.25) is 0 Å². The molecule has 1 saturated carbocycles. The van der Waals surface area contributed by atoms with Gasteiger partial charge in [-0.25, -0.2) is 14.4 Å². The number of aliphatic carboxylic acids is 2. The number of carbonyl (C=O) groups is 3. The number of rotatable bonds is 4. The molecule has 0 aromatic heterocycles. The second-order valence-electron chi connectivity index (χ2n) is 3.00. The Morgan fingerprint density at radius 2 is 1.50 bits per heavy atom. The van der Waals surface area contributed by atoms with Gasteiger partial charge >= 0.3 is 18.0 Å².